The van der Waals surface area contributed by atoms with Crippen molar-refractivity contribution in [2.45, 2.75) is 38.5 Å². The largest absolute Gasteiger partial charge is 0.508 e. The third kappa shape index (κ3) is 6.72. The Balaban J connectivity index is 1.44. The van der Waals surface area contributed by atoms with E-state index in [4.69, 9.17) is 32.7 Å². The molecule has 0 radical (unpaired) electrons. The van der Waals surface area contributed by atoms with Crippen molar-refractivity contribution in [1.29, 1.82) is 0 Å². The molecular formula is C28H24Cl2F2N2O5. The predicted octanol–water partition coefficient (Wildman–Crippen LogP) is 6.97. The number of hydrogen-bond donors (Lipinski definition) is 1. The van der Waals surface area contributed by atoms with Crippen LogP contribution in [0.25, 0.3) is 10.9 Å². The molecule has 0 spiro atoms. The van der Waals surface area contributed by atoms with Gasteiger partial charge in [0.25, 0.3) is 0 Å². The molecule has 2 heterocycles. The number of esters is 1. The Bertz CT molecular complexity index is 1470. The lowest BCUT2D eigenvalue weighted by Gasteiger charge is -2.22. The quantitative estimate of drug-likeness (QED) is 0.194. The number of halogens is 4. The van der Waals surface area contributed by atoms with Gasteiger partial charge in [-0.3, -0.25) is 9.78 Å². The number of carbonyl (C=O) groups is 1. The van der Waals surface area contributed by atoms with Gasteiger partial charge in [-0.2, -0.15) is 8.78 Å². The minimum Gasteiger partial charge on any atom is -0.508 e. The molecule has 0 aliphatic heterocycles. The molecule has 4 aromatic rings. The van der Waals surface area contributed by atoms with Crippen molar-refractivity contribution in [3.8, 4) is 17.2 Å². The molecule has 7 nitrogen and oxygen atoms in total. The molecule has 11 heteroatoms. The van der Waals surface area contributed by atoms with Crippen LogP contribution in [0.4, 0.5) is 8.78 Å². The van der Waals surface area contributed by atoms with E-state index < -0.39 is 18.7 Å². The van der Waals surface area contributed by atoms with Crippen molar-refractivity contribution >= 4 is 40.1 Å². The van der Waals surface area contributed by atoms with Gasteiger partial charge in [-0.25, -0.2) is 0 Å². The average Bonchev–Trinajstić information content (AvgIpc) is 3.64. The lowest BCUT2D eigenvalue weighted by atomic mass is 10.0. The molecule has 1 aliphatic carbocycles. The van der Waals surface area contributed by atoms with Crippen molar-refractivity contribution in [3.05, 3.63) is 82.2 Å². The Morgan fingerprint density at radius 2 is 1.85 bits per heavy atom. The zero-order chi connectivity index (χ0) is 27.5. The second kappa shape index (κ2) is 11.7. The first-order valence-corrected chi connectivity index (χ1v) is 13.0. The molecule has 1 atom stereocenters. The Kier molecular flexibility index (Phi) is 8.09. The van der Waals surface area contributed by atoms with E-state index in [1.807, 2.05) is 0 Å². The van der Waals surface area contributed by atoms with Crippen LogP contribution in [-0.2, 0) is 22.5 Å². The van der Waals surface area contributed by atoms with E-state index in [-0.39, 0.29) is 30.2 Å². The number of rotatable bonds is 11. The fourth-order valence-corrected chi connectivity index (χ4v) is 4.75. The first-order chi connectivity index (χ1) is 18.8. The Hall–Kier alpha value is -3.56. The van der Waals surface area contributed by atoms with Crippen molar-refractivity contribution in [2.24, 2.45) is 5.92 Å². The number of nitrogens with zero attached hydrogens (tertiary/aromatic N) is 2. The number of phenols is 1. The van der Waals surface area contributed by atoms with Gasteiger partial charge < -0.3 is 23.9 Å². The molecule has 0 amide bonds. The third-order valence-electron chi connectivity index (χ3n) is 6.40. The number of fused-ring (bicyclic) bond motifs is 1. The number of alkyl halides is 2. The van der Waals surface area contributed by atoms with Crippen molar-refractivity contribution < 1.29 is 32.9 Å². The number of ether oxygens (including phenoxy) is 3. The summed E-state index contributed by atoms with van der Waals surface area (Å²) in [4.78, 5) is 17.1. The van der Waals surface area contributed by atoms with Crippen LogP contribution < -0.4 is 9.47 Å². The Labute approximate surface area is 232 Å². The van der Waals surface area contributed by atoms with Gasteiger partial charge in [0.1, 0.15) is 18.4 Å². The number of pyridine rings is 1. The Morgan fingerprint density at radius 3 is 2.56 bits per heavy atom. The van der Waals surface area contributed by atoms with Gasteiger partial charge in [0.2, 0.25) is 0 Å². The molecule has 1 unspecified atom stereocenters. The monoisotopic (exact) mass is 576 g/mol. The van der Waals surface area contributed by atoms with Crippen LogP contribution in [0, 0.1) is 5.92 Å². The van der Waals surface area contributed by atoms with Crippen molar-refractivity contribution in [2.75, 3.05) is 6.61 Å². The second-order valence-corrected chi connectivity index (χ2v) is 10.1. The van der Waals surface area contributed by atoms with Crippen LogP contribution in [0.3, 0.4) is 0 Å². The maximum atomic E-state index is 13.2. The number of aromatic nitrogens is 2. The highest BCUT2D eigenvalue weighted by molar-refractivity contribution is 6.35. The number of phenolic OH excluding ortho intramolecular Hbond substituents is 1. The second-order valence-electron chi connectivity index (χ2n) is 9.29. The van der Waals surface area contributed by atoms with Gasteiger partial charge in [0.05, 0.1) is 16.7 Å². The third-order valence-corrected chi connectivity index (χ3v) is 7.05. The Morgan fingerprint density at radius 1 is 1.08 bits per heavy atom. The summed E-state index contributed by atoms with van der Waals surface area (Å²) < 4.78 is 44.2. The van der Waals surface area contributed by atoms with Gasteiger partial charge in [-0.05, 0) is 66.3 Å². The number of hydrogen-bond acceptors (Lipinski definition) is 6. The minimum atomic E-state index is -3.03. The number of benzene rings is 2. The smallest absolute Gasteiger partial charge is 0.387 e. The summed E-state index contributed by atoms with van der Waals surface area (Å²) in [6.45, 7) is -2.77. The van der Waals surface area contributed by atoms with Gasteiger partial charge in [0.15, 0.2) is 11.5 Å². The summed E-state index contributed by atoms with van der Waals surface area (Å²) in [5.74, 6) is -0.0481. The van der Waals surface area contributed by atoms with Crippen LogP contribution in [0.1, 0.15) is 30.1 Å². The molecule has 204 valence electrons. The summed E-state index contributed by atoms with van der Waals surface area (Å²) in [5.41, 5.74) is 1.74. The molecule has 0 bridgehead atoms. The number of aromatic hydroxyl groups is 1. The lowest BCUT2D eigenvalue weighted by molar-refractivity contribution is -0.150. The van der Waals surface area contributed by atoms with Crippen LogP contribution in [0.2, 0.25) is 10.0 Å². The molecule has 1 aliphatic rings. The van der Waals surface area contributed by atoms with Crippen molar-refractivity contribution in [3.63, 3.8) is 0 Å². The molecular weight excluding hydrogens is 553 g/mol. The SMILES string of the molecule is O=C(Cn1ccc2cc(O)ccc21)OC(Cc1c(Cl)cncc1Cl)c1ccc(OC(F)F)c(OCC2CC2)c1. The van der Waals surface area contributed by atoms with Gasteiger partial charge in [0, 0.05) is 35.9 Å². The predicted molar refractivity (Wildman–Crippen MR) is 142 cm³/mol. The van der Waals surface area contributed by atoms with Crippen LogP contribution in [-0.4, -0.2) is 33.8 Å². The molecule has 2 aromatic heterocycles. The average molecular weight is 577 g/mol. The van der Waals surface area contributed by atoms with Gasteiger partial charge in [-0.1, -0.05) is 29.3 Å². The topological polar surface area (TPSA) is 82.8 Å². The standard InChI is InChI=1S/C28H24Cl2F2N2O5/c29-21-12-33-13-22(30)20(21)11-25(38-27(36)14-34-8-7-17-9-19(35)4-5-23(17)34)18-3-6-24(39-28(31)32)26(10-18)37-15-16-1-2-16/h3-10,12-13,16,25,28,35H,1-2,11,14-15H2. The molecule has 1 fully saturated rings. The maximum Gasteiger partial charge on any atom is 0.387 e. The molecule has 5 rings (SSSR count). The fourth-order valence-electron chi connectivity index (χ4n) is 4.23. The van der Waals surface area contributed by atoms with Crippen molar-refractivity contribution in [1.82, 2.24) is 9.55 Å². The van der Waals surface area contributed by atoms with Crippen LogP contribution in [0.5, 0.6) is 17.2 Å². The van der Waals surface area contributed by atoms with E-state index in [2.05, 4.69) is 9.72 Å². The van der Waals surface area contributed by atoms with E-state index >= 15 is 0 Å². The van der Waals surface area contributed by atoms with Crippen LogP contribution in [0.15, 0.2) is 61.1 Å². The van der Waals surface area contributed by atoms with Crippen LogP contribution >= 0.6 is 23.2 Å². The van der Waals surface area contributed by atoms with Gasteiger partial charge in [-0.15, -0.1) is 0 Å². The highest BCUT2D eigenvalue weighted by Crippen LogP contribution is 2.38. The molecule has 1 saturated carbocycles. The number of carbonyl (C=O) groups excluding carboxylic acids is 1. The maximum absolute atomic E-state index is 13.2. The lowest BCUT2D eigenvalue weighted by Crippen LogP contribution is -2.19. The van der Waals surface area contributed by atoms with E-state index in [1.54, 1.807) is 29.0 Å². The molecule has 39 heavy (non-hydrogen) atoms. The summed E-state index contributed by atoms with van der Waals surface area (Å²) in [6, 6.07) is 11.1. The van der Waals surface area contributed by atoms with E-state index in [1.165, 1.54) is 36.7 Å². The normalized spacial score (nSPS) is 14.0. The van der Waals surface area contributed by atoms with Gasteiger partial charge >= 0.3 is 12.6 Å². The molecule has 2 aromatic carbocycles. The first-order valence-electron chi connectivity index (χ1n) is 12.2. The fraction of sp³-hybridized carbons (Fsp3) is 0.286. The zero-order valence-electron chi connectivity index (χ0n) is 20.5. The van der Waals surface area contributed by atoms with E-state index in [0.29, 0.717) is 33.7 Å². The summed E-state index contributed by atoms with van der Waals surface area (Å²) in [7, 11) is 0. The highest BCUT2D eigenvalue weighted by Gasteiger charge is 2.26. The summed E-state index contributed by atoms with van der Waals surface area (Å²) >= 11 is 12.7. The minimum absolute atomic E-state index is 0.101. The van der Waals surface area contributed by atoms with E-state index in [0.717, 1.165) is 23.7 Å². The summed E-state index contributed by atoms with van der Waals surface area (Å²) in [5, 5.41) is 11.1. The van der Waals surface area contributed by atoms with E-state index in [9.17, 15) is 18.7 Å². The molecule has 0 saturated heterocycles. The summed E-state index contributed by atoms with van der Waals surface area (Å²) in [6.07, 6.45) is 5.83. The zero-order valence-corrected chi connectivity index (χ0v) is 22.0. The first kappa shape index (κ1) is 27.0. The highest BCUT2D eigenvalue weighted by atomic mass is 35.5. The molecule has 1 N–H and O–H groups in total.